The van der Waals surface area contributed by atoms with Crippen molar-refractivity contribution in [3.05, 3.63) is 62.9 Å². The number of fused-ring (bicyclic) bond motifs is 1. The van der Waals surface area contributed by atoms with E-state index in [1.807, 2.05) is 18.2 Å². The van der Waals surface area contributed by atoms with Crippen LogP contribution >= 0.6 is 23.2 Å². The topological polar surface area (TPSA) is 26.3 Å². The smallest absolute Gasteiger partial charge is 0.185 e. The van der Waals surface area contributed by atoms with Crippen molar-refractivity contribution in [2.24, 2.45) is 5.92 Å². The number of carbonyl (C=O) groups excluding carboxylic acids is 1. The first-order valence-corrected chi connectivity index (χ1v) is 7.99. The molecule has 0 radical (unpaired) electrons. The average molecular weight is 335 g/mol. The Morgan fingerprint density at radius 2 is 2.14 bits per heavy atom. The van der Waals surface area contributed by atoms with Crippen molar-refractivity contribution in [1.29, 1.82) is 0 Å². The van der Waals surface area contributed by atoms with Gasteiger partial charge in [-0.1, -0.05) is 35.3 Å². The molecule has 1 aromatic rings. The Balaban J connectivity index is 1.88. The van der Waals surface area contributed by atoms with E-state index in [0.29, 0.717) is 16.5 Å². The van der Waals surface area contributed by atoms with Crippen LogP contribution in [0.5, 0.6) is 0 Å². The van der Waals surface area contributed by atoms with Gasteiger partial charge in [-0.05, 0) is 42.7 Å². The van der Waals surface area contributed by atoms with Crippen LogP contribution in [0.1, 0.15) is 24.8 Å². The van der Waals surface area contributed by atoms with Crippen LogP contribution in [0.3, 0.4) is 0 Å². The molecule has 1 aromatic carbocycles. The van der Waals surface area contributed by atoms with E-state index >= 15 is 0 Å². The second kappa shape index (κ2) is 6.31. The molecule has 1 atom stereocenters. The Morgan fingerprint density at radius 1 is 1.32 bits per heavy atom. The van der Waals surface area contributed by atoms with Crippen molar-refractivity contribution in [2.45, 2.75) is 19.3 Å². The van der Waals surface area contributed by atoms with Crippen LogP contribution in [-0.2, 0) is 9.53 Å². The molecule has 2 nitrogen and oxygen atoms in total. The summed E-state index contributed by atoms with van der Waals surface area (Å²) in [4.78, 5) is 12.7. The highest BCUT2D eigenvalue weighted by molar-refractivity contribution is 6.35. The lowest BCUT2D eigenvalue weighted by Gasteiger charge is -2.27. The highest BCUT2D eigenvalue weighted by atomic mass is 35.5. The third-order valence-electron chi connectivity index (χ3n) is 4.14. The predicted molar refractivity (Wildman–Crippen MR) is 90.0 cm³/mol. The molecule has 0 aliphatic heterocycles. The lowest BCUT2D eigenvalue weighted by Crippen LogP contribution is -2.22. The van der Waals surface area contributed by atoms with E-state index in [1.165, 1.54) is 0 Å². The van der Waals surface area contributed by atoms with Crippen molar-refractivity contribution < 1.29 is 9.53 Å². The predicted octanol–water partition coefficient (Wildman–Crippen LogP) is 5.22. The maximum Gasteiger partial charge on any atom is 0.185 e. The van der Waals surface area contributed by atoms with Crippen molar-refractivity contribution in [3.63, 3.8) is 0 Å². The van der Waals surface area contributed by atoms with Crippen LogP contribution < -0.4 is 0 Å². The number of allylic oxidation sites excluding steroid dienone is 4. The molecular formula is C18H16Cl2O2. The Morgan fingerprint density at radius 3 is 2.86 bits per heavy atom. The molecule has 2 aliphatic carbocycles. The Kier molecular flexibility index (Phi) is 4.42. The minimum absolute atomic E-state index is 0.119. The van der Waals surface area contributed by atoms with Gasteiger partial charge in [-0.2, -0.15) is 0 Å². The molecule has 4 heteroatoms. The molecule has 114 valence electrons. The highest BCUT2D eigenvalue weighted by Gasteiger charge is 2.30. The number of halogens is 2. The Labute approximate surface area is 140 Å². The summed E-state index contributed by atoms with van der Waals surface area (Å²) in [6, 6.07) is 5.32. The lowest BCUT2D eigenvalue weighted by molar-refractivity contribution is -0.113. The lowest BCUT2D eigenvalue weighted by atomic mass is 9.77. The molecular weight excluding hydrogens is 319 g/mol. The molecule has 0 spiro atoms. The van der Waals surface area contributed by atoms with Gasteiger partial charge in [0.2, 0.25) is 0 Å². The fraction of sp³-hybridized carbons (Fsp3) is 0.278. The van der Waals surface area contributed by atoms with Gasteiger partial charge in [0.25, 0.3) is 0 Å². The summed E-state index contributed by atoms with van der Waals surface area (Å²) in [7, 11) is 1.67. The van der Waals surface area contributed by atoms with E-state index in [-0.39, 0.29) is 11.7 Å². The van der Waals surface area contributed by atoms with Crippen LogP contribution in [0.2, 0.25) is 10.0 Å². The van der Waals surface area contributed by atoms with Gasteiger partial charge in [-0.25, -0.2) is 0 Å². The fourth-order valence-electron chi connectivity index (χ4n) is 2.95. The van der Waals surface area contributed by atoms with Crippen molar-refractivity contribution in [2.75, 3.05) is 7.11 Å². The molecule has 1 saturated carbocycles. The van der Waals surface area contributed by atoms with E-state index in [1.54, 1.807) is 19.2 Å². The number of ether oxygens (including phenoxy) is 1. The maximum absolute atomic E-state index is 12.7. The van der Waals surface area contributed by atoms with E-state index < -0.39 is 0 Å². The van der Waals surface area contributed by atoms with Gasteiger partial charge in [0.1, 0.15) is 0 Å². The summed E-state index contributed by atoms with van der Waals surface area (Å²) in [5.41, 5.74) is 2.52. The normalized spacial score (nSPS) is 23.0. The van der Waals surface area contributed by atoms with E-state index in [9.17, 15) is 4.79 Å². The third kappa shape index (κ3) is 2.99. The molecule has 2 aliphatic rings. The number of carbonyl (C=O) groups is 1. The van der Waals surface area contributed by atoms with Gasteiger partial charge in [-0.3, -0.25) is 4.79 Å². The van der Waals surface area contributed by atoms with Gasteiger partial charge in [-0.15, -0.1) is 0 Å². The standard InChI is InChI=1S/C18H16Cl2O2/c1-22-15-6-7-16-11(9-15)2-3-13(18(16)21)8-12-4-5-14(19)10-17(12)20/h4-5,7-11H,2-3,6H2,1H3/b13-8+. The van der Waals surface area contributed by atoms with E-state index in [4.69, 9.17) is 27.9 Å². The summed E-state index contributed by atoms with van der Waals surface area (Å²) in [5, 5.41) is 1.16. The zero-order valence-corrected chi connectivity index (χ0v) is 13.7. The van der Waals surface area contributed by atoms with Crippen LogP contribution in [0.4, 0.5) is 0 Å². The SMILES string of the molecule is COC1=CC2CC/C(=C\c3ccc(Cl)cc3Cl)C(=O)C2=CC1. The van der Waals surface area contributed by atoms with Gasteiger partial charge in [0.15, 0.2) is 5.78 Å². The molecule has 22 heavy (non-hydrogen) atoms. The molecule has 1 unspecified atom stereocenters. The number of methoxy groups -OCH3 is 1. The van der Waals surface area contributed by atoms with Gasteiger partial charge >= 0.3 is 0 Å². The summed E-state index contributed by atoms with van der Waals surface area (Å²) in [5.74, 6) is 1.23. The highest BCUT2D eigenvalue weighted by Crippen LogP contribution is 2.37. The quantitative estimate of drug-likeness (QED) is 0.693. The number of hydrogen-bond acceptors (Lipinski definition) is 2. The number of benzene rings is 1. The summed E-state index contributed by atoms with van der Waals surface area (Å²) in [6.07, 6.45) is 8.28. The minimum atomic E-state index is 0.119. The molecule has 3 rings (SSSR count). The largest absolute Gasteiger partial charge is 0.501 e. The second-order valence-corrected chi connectivity index (χ2v) is 6.35. The Hall–Kier alpha value is -1.51. The third-order valence-corrected chi connectivity index (χ3v) is 4.71. The van der Waals surface area contributed by atoms with Crippen LogP contribution in [0.25, 0.3) is 6.08 Å². The van der Waals surface area contributed by atoms with Crippen LogP contribution in [0.15, 0.2) is 47.3 Å². The molecule has 1 fully saturated rings. The summed E-state index contributed by atoms with van der Waals surface area (Å²) in [6.45, 7) is 0. The number of rotatable bonds is 2. The van der Waals surface area contributed by atoms with Crippen molar-refractivity contribution >= 4 is 35.1 Å². The van der Waals surface area contributed by atoms with Crippen molar-refractivity contribution in [1.82, 2.24) is 0 Å². The minimum Gasteiger partial charge on any atom is -0.501 e. The number of Topliss-reactive ketones (excluding diaryl/α,β-unsaturated/α-hetero) is 1. The van der Waals surface area contributed by atoms with E-state index in [2.05, 4.69) is 6.08 Å². The zero-order chi connectivity index (χ0) is 15.7. The fourth-order valence-corrected chi connectivity index (χ4v) is 3.41. The summed E-state index contributed by atoms with van der Waals surface area (Å²) >= 11 is 12.1. The number of hydrogen-bond donors (Lipinski definition) is 0. The van der Waals surface area contributed by atoms with Crippen LogP contribution in [-0.4, -0.2) is 12.9 Å². The molecule has 0 saturated heterocycles. The van der Waals surface area contributed by atoms with Gasteiger partial charge < -0.3 is 4.74 Å². The molecule has 0 aromatic heterocycles. The maximum atomic E-state index is 12.7. The van der Waals surface area contributed by atoms with Gasteiger partial charge in [0.05, 0.1) is 12.9 Å². The Bertz CT molecular complexity index is 714. The monoisotopic (exact) mass is 334 g/mol. The number of ketones is 1. The van der Waals surface area contributed by atoms with E-state index in [0.717, 1.165) is 35.3 Å². The molecule has 0 heterocycles. The molecule has 0 bridgehead atoms. The molecule has 0 amide bonds. The molecule has 0 N–H and O–H groups in total. The van der Waals surface area contributed by atoms with Crippen LogP contribution in [0, 0.1) is 5.92 Å². The summed E-state index contributed by atoms with van der Waals surface area (Å²) < 4.78 is 5.29. The second-order valence-electron chi connectivity index (χ2n) is 5.51. The zero-order valence-electron chi connectivity index (χ0n) is 12.2. The first kappa shape index (κ1) is 15.4. The van der Waals surface area contributed by atoms with Gasteiger partial charge in [0, 0.05) is 33.5 Å². The first-order valence-electron chi connectivity index (χ1n) is 7.23. The van der Waals surface area contributed by atoms with Crippen molar-refractivity contribution in [3.8, 4) is 0 Å². The first-order chi connectivity index (χ1) is 10.6. The average Bonchev–Trinajstić information content (AvgIpc) is 2.52.